The Bertz CT molecular complexity index is 469. The number of unbranched alkanes of at least 4 members (excludes halogenated alkanes) is 1. The smallest absolute Gasteiger partial charge is 0.271 e. The fourth-order valence-corrected chi connectivity index (χ4v) is 1.61. The molecule has 1 heterocycles. The van der Waals surface area contributed by atoms with Gasteiger partial charge in [0.05, 0.1) is 0 Å². The van der Waals surface area contributed by atoms with Crippen LogP contribution in [-0.2, 0) is 13.0 Å². The lowest BCUT2D eigenvalue weighted by Gasteiger charge is -2.10. The number of pyridine rings is 1. The molecule has 0 aliphatic heterocycles. The van der Waals surface area contributed by atoms with Gasteiger partial charge >= 0.3 is 0 Å². The molecule has 1 aromatic heterocycles. The highest BCUT2D eigenvalue weighted by molar-refractivity contribution is 5.38. The summed E-state index contributed by atoms with van der Waals surface area (Å²) in [7, 11) is 0. The molecule has 1 rings (SSSR count). The Kier molecular flexibility index (Phi) is 4.12. The van der Waals surface area contributed by atoms with Crippen LogP contribution >= 0.6 is 0 Å². The van der Waals surface area contributed by atoms with E-state index in [0.29, 0.717) is 18.5 Å². The minimum absolute atomic E-state index is 0.0469. The highest BCUT2D eigenvalue weighted by atomic mass is 16.3. The Morgan fingerprint density at radius 2 is 2.19 bits per heavy atom. The van der Waals surface area contributed by atoms with Gasteiger partial charge in [0.25, 0.3) is 5.56 Å². The zero-order chi connectivity index (χ0) is 12.1. The summed E-state index contributed by atoms with van der Waals surface area (Å²) < 4.78 is 1.27. The van der Waals surface area contributed by atoms with Gasteiger partial charge in [-0.05, 0) is 18.4 Å². The van der Waals surface area contributed by atoms with E-state index in [1.54, 1.807) is 0 Å². The maximum Gasteiger partial charge on any atom is 0.271 e. The first-order chi connectivity index (χ1) is 7.65. The van der Waals surface area contributed by atoms with E-state index in [-0.39, 0.29) is 17.0 Å². The fourth-order valence-electron chi connectivity index (χ4n) is 1.61. The summed E-state index contributed by atoms with van der Waals surface area (Å²) in [5.41, 5.74) is 0.377. The molecule has 0 fully saturated rings. The maximum atomic E-state index is 11.9. The first-order valence-corrected chi connectivity index (χ1v) is 5.51. The number of aromatic hydroxyl groups is 1. The summed E-state index contributed by atoms with van der Waals surface area (Å²) in [5.74, 6) is -0.0469. The van der Waals surface area contributed by atoms with Crippen molar-refractivity contribution < 1.29 is 5.11 Å². The molecule has 16 heavy (non-hydrogen) atoms. The minimum Gasteiger partial charge on any atom is -0.494 e. The van der Waals surface area contributed by atoms with E-state index in [1.807, 2.05) is 19.9 Å². The molecule has 4 heteroatoms. The molecule has 0 unspecified atom stereocenters. The normalized spacial score (nSPS) is 10.1. The van der Waals surface area contributed by atoms with E-state index in [4.69, 9.17) is 5.26 Å². The lowest BCUT2D eigenvalue weighted by Crippen LogP contribution is -2.24. The Hall–Kier alpha value is -1.76. The molecule has 0 bridgehead atoms. The van der Waals surface area contributed by atoms with Gasteiger partial charge in [-0.25, -0.2) is 0 Å². The number of nitriles is 1. The average Bonchev–Trinajstić information content (AvgIpc) is 2.28. The molecule has 0 spiro atoms. The number of aromatic nitrogens is 1. The predicted octanol–water partition coefficient (Wildman–Crippen LogP) is 1.79. The van der Waals surface area contributed by atoms with Crippen LogP contribution in [0.2, 0.25) is 0 Å². The lowest BCUT2D eigenvalue weighted by atomic mass is 10.1. The molecule has 86 valence electrons. The van der Waals surface area contributed by atoms with Crippen molar-refractivity contribution in [1.29, 1.82) is 5.26 Å². The van der Waals surface area contributed by atoms with Gasteiger partial charge in [-0.1, -0.05) is 20.3 Å². The summed E-state index contributed by atoms with van der Waals surface area (Å²) in [6.07, 6.45) is 2.31. The number of nitrogens with zero attached hydrogens (tertiary/aromatic N) is 2. The van der Waals surface area contributed by atoms with E-state index in [0.717, 1.165) is 12.8 Å². The van der Waals surface area contributed by atoms with Crippen LogP contribution in [0.5, 0.6) is 5.88 Å². The second-order valence-corrected chi connectivity index (χ2v) is 3.68. The average molecular weight is 220 g/mol. The zero-order valence-corrected chi connectivity index (χ0v) is 9.66. The van der Waals surface area contributed by atoms with E-state index < -0.39 is 0 Å². The van der Waals surface area contributed by atoms with E-state index >= 15 is 0 Å². The predicted molar refractivity (Wildman–Crippen MR) is 61.4 cm³/mol. The number of rotatable bonds is 4. The first-order valence-electron chi connectivity index (χ1n) is 5.51. The van der Waals surface area contributed by atoms with Gasteiger partial charge in [0, 0.05) is 12.6 Å². The van der Waals surface area contributed by atoms with Crippen LogP contribution in [-0.4, -0.2) is 9.67 Å². The highest BCUT2D eigenvalue weighted by Gasteiger charge is 2.12. The zero-order valence-electron chi connectivity index (χ0n) is 9.66. The molecule has 0 saturated carbocycles. The van der Waals surface area contributed by atoms with Crippen molar-refractivity contribution in [2.75, 3.05) is 0 Å². The third kappa shape index (κ3) is 2.25. The first kappa shape index (κ1) is 12.3. The molecule has 0 saturated heterocycles. The third-order valence-electron chi connectivity index (χ3n) is 2.59. The van der Waals surface area contributed by atoms with Crippen molar-refractivity contribution in [3.63, 3.8) is 0 Å². The standard InChI is InChI=1S/C12H16N2O2/c1-3-5-6-14-11(15)7-9(4-2)10(8-13)12(14)16/h7,15H,3-6H2,1-2H3. The van der Waals surface area contributed by atoms with Crippen molar-refractivity contribution in [3.05, 3.63) is 27.5 Å². The summed E-state index contributed by atoms with van der Waals surface area (Å²) in [6.45, 7) is 4.32. The number of aryl methyl sites for hydroxylation is 1. The van der Waals surface area contributed by atoms with E-state index in [1.165, 1.54) is 10.6 Å². The molecular weight excluding hydrogens is 204 g/mol. The Labute approximate surface area is 94.8 Å². The summed E-state index contributed by atoms with van der Waals surface area (Å²) in [4.78, 5) is 11.9. The van der Waals surface area contributed by atoms with Gasteiger partial charge in [-0.15, -0.1) is 0 Å². The topological polar surface area (TPSA) is 66.0 Å². The monoisotopic (exact) mass is 220 g/mol. The quantitative estimate of drug-likeness (QED) is 0.841. The molecule has 0 radical (unpaired) electrons. The molecule has 0 aliphatic carbocycles. The summed E-state index contributed by atoms with van der Waals surface area (Å²) in [6, 6.07) is 3.42. The molecule has 1 N–H and O–H groups in total. The second kappa shape index (κ2) is 5.36. The van der Waals surface area contributed by atoms with Gasteiger partial charge < -0.3 is 5.11 Å². The van der Waals surface area contributed by atoms with Gasteiger partial charge in [-0.2, -0.15) is 5.26 Å². The van der Waals surface area contributed by atoms with Crippen molar-refractivity contribution in [3.8, 4) is 11.9 Å². The van der Waals surface area contributed by atoms with Gasteiger partial charge in [0.15, 0.2) is 5.88 Å². The van der Waals surface area contributed by atoms with Crippen molar-refractivity contribution in [2.45, 2.75) is 39.7 Å². The highest BCUT2D eigenvalue weighted by Crippen LogP contribution is 2.14. The van der Waals surface area contributed by atoms with Gasteiger partial charge in [0.1, 0.15) is 11.6 Å². The van der Waals surface area contributed by atoms with Crippen molar-refractivity contribution >= 4 is 0 Å². The van der Waals surface area contributed by atoms with Crippen LogP contribution in [0, 0.1) is 11.3 Å². The molecule has 0 atom stereocenters. The maximum absolute atomic E-state index is 11.9. The Balaban J connectivity index is 3.31. The van der Waals surface area contributed by atoms with E-state index in [9.17, 15) is 9.90 Å². The largest absolute Gasteiger partial charge is 0.494 e. The lowest BCUT2D eigenvalue weighted by molar-refractivity contribution is 0.400. The molecule has 1 aromatic rings. The number of hydrogen-bond acceptors (Lipinski definition) is 3. The fraction of sp³-hybridized carbons (Fsp3) is 0.500. The van der Waals surface area contributed by atoms with Crippen LogP contribution in [0.15, 0.2) is 10.9 Å². The third-order valence-corrected chi connectivity index (χ3v) is 2.59. The van der Waals surface area contributed by atoms with Crippen molar-refractivity contribution in [2.24, 2.45) is 0 Å². The van der Waals surface area contributed by atoms with Crippen LogP contribution < -0.4 is 5.56 Å². The van der Waals surface area contributed by atoms with Crippen LogP contribution in [0.1, 0.15) is 37.8 Å². The molecule has 4 nitrogen and oxygen atoms in total. The molecule has 0 aromatic carbocycles. The van der Waals surface area contributed by atoms with Crippen LogP contribution in [0.3, 0.4) is 0 Å². The molecule has 0 amide bonds. The number of hydrogen-bond donors (Lipinski definition) is 1. The SMILES string of the molecule is CCCCn1c(O)cc(CC)c(C#N)c1=O. The minimum atomic E-state index is -0.382. The molecule has 0 aliphatic rings. The second-order valence-electron chi connectivity index (χ2n) is 3.68. The Morgan fingerprint density at radius 1 is 1.50 bits per heavy atom. The molecular formula is C12H16N2O2. The van der Waals surface area contributed by atoms with Gasteiger partial charge in [-0.3, -0.25) is 9.36 Å². The van der Waals surface area contributed by atoms with Crippen LogP contribution in [0.25, 0.3) is 0 Å². The summed E-state index contributed by atoms with van der Waals surface area (Å²) in [5, 5.41) is 18.6. The van der Waals surface area contributed by atoms with E-state index in [2.05, 4.69) is 0 Å². The Morgan fingerprint density at radius 3 is 2.69 bits per heavy atom. The van der Waals surface area contributed by atoms with Crippen LogP contribution in [0.4, 0.5) is 0 Å². The summed E-state index contributed by atoms with van der Waals surface area (Å²) >= 11 is 0. The van der Waals surface area contributed by atoms with Crippen molar-refractivity contribution in [1.82, 2.24) is 4.57 Å². The van der Waals surface area contributed by atoms with Gasteiger partial charge in [0.2, 0.25) is 0 Å².